The number of halogens is 1. The molecule has 0 fully saturated rings. The Morgan fingerprint density at radius 2 is 2.16 bits per heavy atom. The summed E-state index contributed by atoms with van der Waals surface area (Å²) < 4.78 is 0. The molecule has 25 heavy (non-hydrogen) atoms. The lowest BCUT2D eigenvalue weighted by Crippen LogP contribution is -2.36. The summed E-state index contributed by atoms with van der Waals surface area (Å²) >= 11 is 7.30. The number of rotatable bonds is 3. The molecular formula is C16H15ClN4O3S. The molecule has 2 amide bonds. The summed E-state index contributed by atoms with van der Waals surface area (Å²) in [6.45, 7) is 1.85. The predicted molar refractivity (Wildman–Crippen MR) is 97.4 cm³/mol. The highest BCUT2D eigenvalue weighted by Crippen LogP contribution is 2.30. The van der Waals surface area contributed by atoms with Crippen LogP contribution in [0, 0.1) is 6.92 Å². The van der Waals surface area contributed by atoms with Crippen LogP contribution in [-0.2, 0) is 9.59 Å². The number of aromatic nitrogens is 2. The molecule has 2 heterocycles. The molecule has 0 saturated heterocycles. The van der Waals surface area contributed by atoms with Gasteiger partial charge in [-0.05, 0) is 30.9 Å². The van der Waals surface area contributed by atoms with Gasteiger partial charge in [-0.1, -0.05) is 29.4 Å². The second kappa shape index (κ2) is 6.89. The Morgan fingerprint density at radius 1 is 1.40 bits per heavy atom. The van der Waals surface area contributed by atoms with E-state index < -0.39 is 17.4 Å². The van der Waals surface area contributed by atoms with Crippen LogP contribution in [0.5, 0.6) is 0 Å². The quantitative estimate of drug-likeness (QED) is 0.562. The molecule has 1 aliphatic rings. The maximum atomic E-state index is 12.7. The fourth-order valence-electron chi connectivity index (χ4n) is 2.57. The third-order valence-corrected chi connectivity index (χ3v) is 4.87. The van der Waals surface area contributed by atoms with Crippen molar-refractivity contribution in [2.24, 2.45) is 0 Å². The molecule has 0 bridgehead atoms. The molecule has 3 rings (SSSR count). The Morgan fingerprint density at radius 3 is 2.84 bits per heavy atom. The largest absolute Gasteiger partial charge is 0.325 e. The van der Waals surface area contributed by atoms with Gasteiger partial charge in [0.1, 0.15) is 5.82 Å². The zero-order valence-corrected chi connectivity index (χ0v) is 15.0. The van der Waals surface area contributed by atoms with Crippen LogP contribution in [0.1, 0.15) is 23.5 Å². The van der Waals surface area contributed by atoms with Gasteiger partial charge in [-0.2, -0.15) is 0 Å². The second-order valence-corrected chi connectivity index (χ2v) is 6.80. The number of carbonyl (C=O) groups excluding carboxylic acids is 2. The number of amides is 2. The summed E-state index contributed by atoms with van der Waals surface area (Å²) in [6, 6.07) is 5.11. The van der Waals surface area contributed by atoms with Gasteiger partial charge in [-0.15, -0.1) is 0 Å². The first-order valence-corrected chi connectivity index (χ1v) is 9.04. The maximum absolute atomic E-state index is 12.7. The van der Waals surface area contributed by atoms with Crippen molar-refractivity contribution >= 4 is 46.7 Å². The Kier molecular flexibility index (Phi) is 4.82. The average Bonchev–Trinajstić information content (AvgIpc) is 2.56. The molecule has 130 valence electrons. The third kappa shape index (κ3) is 3.54. The standard InChI is InChI=1S/C16H15ClN4O3S/c1-7-3-4-8(5-10(7)17)18-14(23)9-6-11(22)19-13-12(9)15(24)21-16(20-13)25-2/h3-5,9H,6H2,1-2H3,(H,18,23)(H2,19,20,21,22,24). The highest BCUT2D eigenvalue weighted by Gasteiger charge is 2.34. The lowest BCUT2D eigenvalue weighted by Gasteiger charge is -2.23. The van der Waals surface area contributed by atoms with E-state index in [0.717, 1.165) is 5.56 Å². The van der Waals surface area contributed by atoms with Gasteiger partial charge in [-0.3, -0.25) is 14.4 Å². The maximum Gasteiger partial charge on any atom is 0.257 e. The number of nitrogens with zero attached hydrogens (tertiary/aromatic N) is 1. The van der Waals surface area contributed by atoms with E-state index in [9.17, 15) is 14.4 Å². The lowest BCUT2D eigenvalue weighted by atomic mass is 9.92. The zero-order chi connectivity index (χ0) is 18.1. The van der Waals surface area contributed by atoms with Crippen LogP contribution >= 0.6 is 23.4 Å². The van der Waals surface area contributed by atoms with Crippen LogP contribution < -0.4 is 16.2 Å². The van der Waals surface area contributed by atoms with Gasteiger partial charge in [0.15, 0.2) is 5.16 Å². The Balaban J connectivity index is 1.95. The van der Waals surface area contributed by atoms with E-state index >= 15 is 0 Å². The van der Waals surface area contributed by atoms with Crippen molar-refractivity contribution < 1.29 is 9.59 Å². The van der Waals surface area contributed by atoms with Gasteiger partial charge in [0.2, 0.25) is 11.8 Å². The summed E-state index contributed by atoms with van der Waals surface area (Å²) in [5, 5.41) is 6.15. The second-order valence-electron chi connectivity index (χ2n) is 5.60. The number of aromatic amines is 1. The fourth-order valence-corrected chi connectivity index (χ4v) is 3.13. The van der Waals surface area contributed by atoms with E-state index in [2.05, 4.69) is 20.6 Å². The van der Waals surface area contributed by atoms with E-state index in [1.165, 1.54) is 11.8 Å². The van der Waals surface area contributed by atoms with Gasteiger partial charge < -0.3 is 15.6 Å². The Hall–Kier alpha value is -2.32. The number of hydrogen-bond donors (Lipinski definition) is 3. The predicted octanol–water partition coefficient (Wildman–Crippen LogP) is 2.52. The highest BCUT2D eigenvalue weighted by atomic mass is 35.5. The van der Waals surface area contributed by atoms with E-state index in [4.69, 9.17) is 11.6 Å². The minimum Gasteiger partial charge on any atom is -0.325 e. The van der Waals surface area contributed by atoms with Gasteiger partial charge in [0, 0.05) is 17.1 Å². The molecule has 1 unspecified atom stereocenters. The minimum absolute atomic E-state index is 0.123. The van der Waals surface area contributed by atoms with Crippen LogP contribution in [0.3, 0.4) is 0 Å². The molecule has 2 aromatic rings. The number of carbonyl (C=O) groups is 2. The van der Waals surface area contributed by atoms with Crippen molar-refractivity contribution in [2.75, 3.05) is 16.9 Å². The Labute approximate surface area is 152 Å². The SMILES string of the molecule is CSc1nc2c(c(=O)[nH]1)C(C(=O)Nc1ccc(C)c(Cl)c1)CC(=O)N2. The normalized spacial score (nSPS) is 16.1. The molecule has 1 aromatic carbocycles. The van der Waals surface area contributed by atoms with Crippen LogP contribution in [0.25, 0.3) is 0 Å². The van der Waals surface area contributed by atoms with Crippen LogP contribution in [-0.4, -0.2) is 28.0 Å². The summed E-state index contributed by atoms with van der Waals surface area (Å²) in [5.74, 6) is -1.61. The summed E-state index contributed by atoms with van der Waals surface area (Å²) in [7, 11) is 0. The van der Waals surface area contributed by atoms with E-state index in [0.29, 0.717) is 15.9 Å². The number of aryl methyl sites for hydroxylation is 1. The minimum atomic E-state index is -0.920. The number of thioether (sulfide) groups is 1. The van der Waals surface area contributed by atoms with Crippen molar-refractivity contribution in [3.63, 3.8) is 0 Å². The molecule has 7 nitrogen and oxygen atoms in total. The first-order valence-electron chi connectivity index (χ1n) is 7.44. The summed E-state index contributed by atoms with van der Waals surface area (Å²) in [6.07, 6.45) is 1.63. The average molecular weight is 379 g/mol. The van der Waals surface area contributed by atoms with E-state index in [-0.39, 0.29) is 23.7 Å². The fraction of sp³-hybridized carbons (Fsp3) is 0.250. The number of hydrogen-bond acceptors (Lipinski definition) is 5. The highest BCUT2D eigenvalue weighted by molar-refractivity contribution is 7.98. The molecule has 1 aromatic heterocycles. The van der Waals surface area contributed by atoms with Gasteiger partial charge in [-0.25, -0.2) is 4.98 Å². The first kappa shape index (κ1) is 17.5. The molecular weight excluding hydrogens is 364 g/mol. The molecule has 9 heteroatoms. The number of benzene rings is 1. The first-order chi connectivity index (χ1) is 11.9. The molecule has 1 aliphatic heterocycles. The van der Waals surface area contributed by atoms with Crippen molar-refractivity contribution in [3.05, 3.63) is 44.7 Å². The van der Waals surface area contributed by atoms with Gasteiger partial charge >= 0.3 is 0 Å². The number of fused-ring (bicyclic) bond motifs is 1. The third-order valence-electron chi connectivity index (χ3n) is 3.88. The molecule has 0 aliphatic carbocycles. The zero-order valence-electron chi connectivity index (χ0n) is 13.5. The molecule has 3 N–H and O–H groups in total. The summed E-state index contributed by atoms with van der Waals surface area (Å²) in [5.41, 5.74) is 1.11. The molecule has 0 radical (unpaired) electrons. The topological polar surface area (TPSA) is 104 Å². The van der Waals surface area contributed by atoms with Gasteiger partial charge in [0.25, 0.3) is 5.56 Å². The van der Waals surface area contributed by atoms with Crippen molar-refractivity contribution in [1.82, 2.24) is 9.97 Å². The molecule has 0 saturated carbocycles. The van der Waals surface area contributed by atoms with Crippen LogP contribution in [0.15, 0.2) is 28.2 Å². The van der Waals surface area contributed by atoms with Gasteiger partial charge in [0.05, 0.1) is 11.5 Å². The summed E-state index contributed by atoms with van der Waals surface area (Å²) in [4.78, 5) is 43.7. The number of nitrogens with one attached hydrogen (secondary N) is 3. The molecule has 0 spiro atoms. The Bertz CT molecular complexity index is 928. The molecule has 1 atom stereocenters. The smallest absolute Gasteiger partial charge is 0.257 e. The van der Waals surface area contributed by atoms with Crippen molar-refractivity contribution in [2.45, 2.75) is 24.4 Å². The lowest BCUT2D eigenvalue weighted by molar-refractivity contribution is -0.123. The van der Waals surface area contributed by atoms with Crippen LogP contribution in [0.4, 0.5) is 11.5 Å². The van der Waals surface area contributed by atoms with Crippen molar-refractivity contribution in [1.29, 1.82) is 0 Å². The number of H-pyrrole nitrogens is 1. The monoisotopic (exact) mass is 378 g/mol. The van der Waals surface area contributed by atoms with E-state index in [1.54, 1.807) is 24.5 Å². The number of anilines is 2. The van der Waals surface area contributed by atoms with E-state index in [1.807, 2.05) is 6.92 Å². The van der Waals surface area contributed by atoms with Crippen molar-refractivity contribution in [3.8, 4) is 0 Å². The van der Waals surface area contributed by atoms with Crippen LogP contribution in [0.2, 0.25) is 5.02 Å².